The van der Waals surface area contributed by atoms with Crippen LogP contribution in [0.3, 0.4) is 0 Å². The van der Waals surface area contributed by atoms with Crippen LogP contribution in [0.2, 0.25) is 0 Å². The Morgan fingerprint density at radius 3 is 2.50 bits per heavy atom. The van der Waals surface area contributed by atoms with Crippen molar-refractivity contribution in [1.29, 1.82) is 0 Å². The summed E-state index contributed by atoms with van der Waals surface area (Å²) in [6.07, 6.45) is 0. The van der Waals surface area contributed by atoms with Crippen molar-refractivity contribution in [2.45, 2.75) is 13.2 Å². The molecule has 0 aliphatic carbocycles. The molecular formula is C15H17NO2. The largest absolute Gasteiger partial charge is 0.508 e. The Bertz CT molecular complexity index is 494. The van der Waals surface area contributed by atoms with Gasteiger partial charge in [0.25, 0.3) is 0 Å². The summed E-state index contributed by atoms with van der Waals surface area (Å²) in [6, 6.07) is 15.3. The van der Waals surface area contributed by atoms with Crippen LogP contribution in [0.5, 0.6) is 5.75 Å². The topological polar surface area (TPSA) is 41.5 Å². The van der Waals surface area contributed by atoms with Gasteiger partial charge in [0.15, 0.2) is 0 Å². The number of anilines is 1. The van der Waals surface area contributed by atoms with Gasteiger partial charge in [-0.2, -0.15) is 0 Å². The molecule has 0 radical (unpaired) electrons. The van der Waals surface area contributed by atoms with Crippen molar-refractivity contribution >= 4 is 5.69 Å². The van der Waals surface area contributed by atoms with Gasteiger partial charge in [-0.25, -0.2) is 0 Å². The first kappa shape index (κ1) is 12.5. The minimum absolute atomic E-state index is 0.280. The number of hydrogen-bond acceptors (Lipinski definition) is 3. The van der Waals surface area contributed by atoms with Crippen LogP contribution >= 0.6 is 0 Å². The van der Waals surface area contributed by atoms with Crippen LogP contribution in [0, 0.1) is 0 Å². The molecule has 3 nitrogen and oxygen atoms in total. The van der Waals surface area contributed by atoms with Crippen molar-refractivity contribution in [3.63, 3.8) is 0 Å². The number of ether oxygens (including phenoxy) is 1. The highest BCUT2D eigenvalue weighted by Crippen LogP contribution is 2.15. The molecule has 0 atom stereocenters. The van der Waals surface area contributed by atoms with Crippen molar-refractivity contribution in [3.05, 3.63) is 59.7 Å². The van der Waals surface area contributed by atoms with Gasteiger partial charge >= 0.3 is 0 Å². The molecule has 2 N–H and O–H groups in total. The van der Waals surface area contributed by atoms with Gasteiger partial charge in [-0.1, -0.05) is 24.3 Å². The molecule has 94 valence electrons. The number of phenols is 1. The molecule has 2 aromatic carbocycles. The highest BCUT2D eigenvalue weighted by atomic mass is 16.5. The number of hydrogen-bond donors (Lipinski definition) is 2. The van der Waals surface area contributed by atoms with Gasteiger partial charge in [-0.15, -0.1) is 0 Å². The summed E-state index contributed by atoms with van der Waals surface area (Å²) in [5.74, 6) is 0.280. The second-order valence-corrected chi connectivity index (χ2v) is 4.15. The summed E-state index contributed by atoms with van der Waals surface area (Å²) < 4.78 is 5.11. The zero-order valence-electron chi connectivity index (χ0n) is 10.4. The average Bonchev–Trinajstić information content (AvgIpc) is 2.39. The number of rotatable bonds is 5. The number of aromatic hydroxyl groups is 1. The first-order chi connectivity index (χ1) is 8.78. The van der Waals surface area contributed by atoms with Gasteiger partial charge < -0.3 is 15.2 Å². The molecule has 2 rings (SSSR count). The number of benzene rings is 2. The molecule has 0 unspecified atom stereocenters. The monoisotopic (exact) mass is 243 g/mol. The van der Waals surface area contributed by atoms with Gasteiger partial charge in [0.1, 0.15) is 5.75 Å². The van der Waals surface area contributed by atoms with Crippen molar-refractivity contribution < 1.29 is 9.84 Å². The zero-order chi connectivity index (χ0) is 12.8. The van der Waals surface area contributed by atoms with E-state index in [9.17, 15) is 5.11 Å². The average molecular weight is 243 g/mol. The van der Waals surface area contributed by atoms with Gasteiger partial charge in [0.05, 0.1) is 6.61 Å². The van der Waals surface area contributed by atoms with Gasteiger partial charge in [0.2, 0.25) is 0 Å². The molecule has 0 bridgehead atoms. The molecule has 0 fully saturated rings. The minimum Gasteiger partial charge on any atom is -0.508 e. The third-order valence-electron chi connectivity index (χ3n) is 2.67. The normalized spacial score (nSPS) is 10.3. The van der Waals surface area contributed by atoms with Crippen molar-refractivity contribution in [3.8, 4) is 5.75 Å². The molecule has 0 saturated heterocycles. The summed E-state index contributed by atoms with van der Waals surface area (Å²) in [4.78, 5) is 0. The van der Waals surface area contributed by atoms with E-state index in [4.69, 9.17) is 4.74 Å². The van der Waals surface area contributed by atoms with Crippen LogP contribution in [0.25, 0.3) is 0 Å². The van der Waals surface area contributed by atoms with Crippen LogP contribution in [-0.4, -0.2) is 12.2 Å². The van der Waals surface area contributed by atoms with E-state index in [1.54, 1.807) is 19.2 Å². The number of methoxy groups -OCH3 is 1. The Balaban J connectivity index is 1.97. The summed E-state index contributed by atoms with van der Waals surface area (Å²) >= 11 is 0. The first-order valence-electron chi connectivity index (χ1n) is 5.87. The van der Waals surface area contributed by atoms with E-state index in [0.29, 0.717) is 6.61 Å². The maximum atomic E-state index is 9.20. The highest BCUT2D eigenvalue weighted by Gasteiger charge is 1.97. The van der Waals surface area contributed by atoms with E-state index in [0.717, 1.165) is 12.2 Å². The Hall–Kier alpha value is -2.00. The molecule has 0 saturated carbocycles. The maximum Gasteiger partial charge on any atom is 0.115 e. The van der Waals surface area contributed by atoms with Crippen LogP contribution in [0.15, 0.2) is 48.5 Å². The number of phenolic OH excluding ortho intramolecular Hbond substituents is 1. The van der Waals surface area contributed by atoms with Crippen LogP contribution in [0.4, 0.5) is 5.69 Å². The molecule has 3 heteroatoms. The van der Waals surface area contributed by atoms with Crippen LogP contribution in [0.1, 0.15) is 11.1 Å². The summed E-state index contributed by atoms with van der Waals surface area (Å²) in [5.41, 5.74) is 3.37. The van der Waals surface area contributed by atoms with E-state index < -0.39 is 0 Å². The minimum atomic E-state index is 0.280. The fraction of sp³-hybridized carbons (Fsp3) is 0.200. The van der Waals surface area contributed by atoms with Crippen molar-refractivity contribution in [2.24, 2.45) is 0 Å². The predicted octanol–water partition coefficient (Wildman–Crippen LogP) is 3.15. The van der Waals surface area contributed by atoms with Crippen molar-refractivity contribution in [1.82, 2.24) is 0 Å². The Morgan fingerprint density at radius 2 is 1.78 bits per heavy atom. The highest BCUT2D eigenvalue weighted by molar-refractivity contribution is 5.46. The third-order valence-corrected chi connectivity index (χ3v) is 2.67. The van der Waals surface area contributed by atoms with Gasteiger partial charge in [-0.3, -0.25) is 0 Å². The summed E-state index contributed by atoms with van der Waals surface area (Å²) in [5, 5.41) is 12.5. The molecule has 2 aromatic rings. The molecule has 0 aliphatic heterocycles. The fourth-order valence-corrected chi connectivity index (χ4v) is 1.78. The summed E-state index contributed by atoms with van der Waals surface area (Å²) in [6.45, 7) is 1.38. The second-order valence-electron chi connectivity index (χ2n) is 4.15. The predicted molar refractivity (Wildman–Crippen MR) is 72.6 cm³/mol. The zero-order valence-corrected chi connectivity index (χ0v) is 10.4. The lowest BCUT2D eigenvalue weighted by Crippen LogP contribution is -2.00. The fourth-order valence-electron chi connectivity index (χ4n) is 1.78. The van der Waals surface area contributed by atoms with E-state index >= 15 is 0 Å². The summed E-state index contributed by atoms with van der Waals surface area (Å²) in [7, 11) is 1.70. The Kier molecular flexibility index (Phi) is 4.20. The lowest BCUT2D eigenvalue weighted by atomic mass is 10.1. The van der Waals surface area contributed by atoms with Crippen molar-refractivity contribution in [2.75, 3.05) is 12.4 Å². The first-order valence-corrected chi connectivity index (χ1v) is 5.87. The number of nitrogens with one attached hydrogen (secondary N) is 1. The Labute approximate surface area is 107 Å². The van der Waals surface area contributed by atoms with Crippen LogP contribution in [-0.2, 0) is 17.9 Å². The Morgan fingerprint density at radius 1 is 1.06 bits per heavy atom. The van der Waals surface area contributed by atoms with E-state index in [2.05, 4.69) is 17.4 Å². The lowest BCUT2D eigenvalue weighted by molar-refractivity contribution is 0.185. The van der Waals surface area contributed by atoms with Gasteiger partial charge in [-0.05, 0) is 35.4 Å². The molecule has 0 aromatic heterocycles. The van der Waals surface area contributed by atoms with Crippen LogP contribution < -0.4 is 5.32 Å². The molecule has 18 heavy (non-hydrogen) atoms. The standard InChI is InChI=1S/C15H17NO2/c1-18-11-13-4-2-3-12(9-13)10-16-14-5-7-15(17)8-6-14/h2-9,16-17H,10-11H2,1H3. The maximum absolute atomic E-state index is 9.20. The quantitative estimate of drug-likeness (QED) is 0.793. The molecule has 0 amide bonds. The van der Waals surface area contributed by atoms with E-state index in [1.165, 1.54) is 11.1 Å². The van der Waals surface area contributed by atoms with Gasteiger partial charge in [0, 0.05) is 19.3 Å². The smallest absolute Gasteiger partial charge is 0.115 e. The molecule has 0 heterocycles. The molecule has 0 aliphatic rings. The molecule has 0 spiro atoms. The molecular weight excluding hydrogens is 226 g/mol. The lowest BCUT2D eigenvalue weighted by Gasteiger charge is -2.08. The SMILES string of the molecule is COCc1cccc(CNc2ccc(O)cc2)c1. The van der Waals surface area contributed by atoms with E-state index in [1.807, 2.05) is 24.3 Å². The third kappa shape index (κ3) is 3.50. The van der Waals surface area contributed by atoms with E-state index in [-0.39, 0.29) is 5.75 Å². The second kappa shape index (κ2) is 6.07.